The van der Waals surface area contributed by atoms with Gasteiger partial charge in [0.15, 0.2) is 5.54 Å². The summed E-state index contributed by atoms with van der Waals surface area (Å²) in [7, 11) is 0. The molecule has 0 spiro atoms. The van der Waals surface area contributed by atoms with Gasteiger partial charge in [-0.2, -0.15) is 11.8 Å². The number of thioether (sulfide) groups is 1. The molecule has 0 saturated carbocycles. The van der Waals surface area contributed by atoms with E-state index in [1.165, 1.54) is 11.8 Å². The Balaban J connectivity index is 1.42. The van der Waals surface area contributed by atoms with Crippen LogP contribution in [0.25, 0.3) is 11.1 Å². The fourth-order valence-corrected chi connectivity index (χ4v) is 4.97. The van der Waals surface area contributed by atoms with Gasteiger partial charge in [0.1, 0.15) is 12.6 Å². The summed E-state index contributed by atoms with van der Waals surface area (Å²) in [6, 6.07) is 15.2. The Bertz CT molecular complexity index is 1020. The Hall–Kier alpha value is -3.04. The van der Waals surface area contributed by atoms with Crippen LogP contribution >= 0.6 is 11.8 Å². The standard InChI is InChI=1S/C25H28N2O6S/c1-34-13-10-21(22(28)27-25(23(29)30)11-12-32-15-25)26-24(31)33-14-20-18-8-4-2-6-16(18)17-7-3-5-9-19(17)20/h2-9,20-21H,10-15H2,1H3,(H,26,31)(H,27,28)(H,29,30)/t21-,25?/m1/s1. The van der Waals surface area contributed by atoms with Crippen LogP contribution in [0.4, 0.5) is 4.79 Å². The molecule has 3 N–H and O–H groups in total. The zero-order chi connectivity index (χ0) is 24.1. The minimum Gasteiger partial charge on any atom is -0.479 e. The van der Waals surface area contributed by atoms with Gasteiger partial charge in [-0.25, -0.2) is 9.59 Å². The van der Waals surface area contributed by atoms with Crippen LogP contribution in [-0.4, -0.2) is 66.5 Å². The molecule has 1 heterocycles. The van der Waals surface area contributed by atoms with Gasteiger partial charge in [-0.05, 0) is 40.7 Å². The van der Waals surface area contributed by atoms with Gasteiger partial charge in [0.2, 0.25) is 5.91 Å². The maximum absolute atomic E-state index is 12.9. The highest BCUT2D eigenvalue weighted by atomic mass is 32.2. The molecule has 0 bridgehead atoms. The molecule has 0 aromatic heterocycles. The number of aliphatic carboxylic acids is 1. The van der Waals surface area contributed by atoms with Crippen molar-refractivity contribution in [3.63, 3.8) is 0 Å². The van der Waals surface area contributed by atoms with Crippen LogP contribution in [0.5, 0.6) is 0 Å². The number of ether oxygens (including phenoxy) is 2. The number of alkyl carbamates (subject to hydrolysis) is 1. The van der Waals surface area contributed by atoms with Crippen LogP contribution in [0, 0.1) is 0 Å². The van der Waals surface area contributed by atoms with Gasteiger partial charge < -0.3 is 25.2 Å². The first-order valence-electron chi connectivity index (χ1n) is 11.2. The lowest BCUT2D eigenvalue weighted by molar-refractivity contribution is -0.148. The molecule has 1 saturated heterocycles. The van der Waals surface area contributed by atoms with E-state index >= 15 is 0 Å². The number of carboxylic acids is 1. The zero-order valence-corrected chi connectivity index (χ0v) is 19.7. The van der Waals surface area contributed by atoms with E-state index in [0.29, 0.717) is 12.2 Å². The van der Waals surface area contributed by atoms with E-state index in [9.17, 15) is 19.5 Å². The molecule has 2 atom stereocenters. The quantitative estimate of drug-likeness (QED) is 0.501. The second-order valence-corrected chi connectivity index (χ2v) is 9.47. The topological polar surface area (TPSA) is 114 Å². The van der Waals surface area contributed by atoms with Crippen molar-refractivity contribution in [2.75, 3.05) is 31.8 Å². The highest BCUT2D eigenvalue weighted by molar-refractivity contribution is 7.98. The minimum atomic E-state index is -1.47. The first-order chi connectivity index (χ1) is 16.4. The summed E-state index contributed by atoms with van der Waals surface area (Å²) >= 11 is 1.53. The van der Waals surface area contributed by atoms with Crippen LogP contribution < -0.4 is 10.6 Å². The lowest BCUT2D eigenvalue weighted by atomic mass is 9.98. The van der Waals surface area contributed by atoms with E-state index in [4.69, 9.17) is 9.47 Å². The average Bonchev–Trinajstić information content (AvgIpc) is 3.44. The second-order valence-electron chi connectivity index (χ2n) is 8.48. The number of hydrogen-bond acceptors (Lipinski definition) is 6. The molecule has 1 unspecified atom stereocenters. The van der Waals surface area contributed by atoms with E-state index in [0.717, 1.165) is 22.3 Å². The first kappa shape index (κ1) is 24.1. The van der Waals surface area contributed by atoms with Crippen LogP contribution in [0.2, 0.25) is 0 Å². The van der Waals surface area contributed by atoms with E-state index in [2.05, 4.69) is 22.8 Å². The summed E-state index contributed by atoms with van der Waals surface area (Å²) in [5.41, 5.74) is 2.97. The van der Waals surface area contributed by atoms with E-state index in [1.54, 1.807) is 0 Å². The predicted molar refractivity (Wildman–Crippen MR) is 129 cm³/mol. The van der Waals surface area contributed by atoms with Crippen LogP contribution in [0.3, 0.4) is 0 Å². The average molecular weight is 485 g/mol. The molecule has 2 aliphatic rings. The molecular formula is C25H28N2O6S. The van der Waals surface area contributed by atoms with E-state index in [1.807, 2.05) is 42.7 Å². The Labute approximate surface area is 202 Å². The lowest BCUT2D eigenvalue weighted by Crippen LogP contribution is -2.60. The molecule has 2 amide bonds. The summed E-state index contributed by atoms with van der Waals surface area (Å²) in [5.74, 6) is -1.20. The predicted octanol–water partition coefficient (Wildman–Crippen LogP) is 3.01. The summed E-state index contributed by atoms with van der Waals surface area (Å²) in [6.45, 7) is 0.278. The largest absolute Gasteiger partial charge is 0.479 e. The third kappa shape index (κ3) is 4.90. The number of nitrogens with one attached hydrogen (secondary N) is 2. The molecule has 1 aliphatic carbocycles. The third-order valence-corrected chi connectivity index (χ3v) is 7.00. The van der Waals surface area contributed by atoms with Gasteiger partial charge in [-0.15, -0.1) is 0 Å². The van der Waals surface area contributed by atoms with Crippen molar-refractivity contribution >= 4 is 29.7 Å². The van der Waals surface area contributed by atoms with Crippen LogP contribution in [-0.2, 0) is 19.1 Å². The van der Waals surface area contributed by atoms with Crippen molar-refractivity contribution in [3.8, 4) is 11.1 Å². The Morgan fingerprint density at radius 1 is 1.15 bits per heavy atom. The minimum absolute atomic E-state index is 0.0949. The molecule has 2 aromatic carbocycles. The van der Waals surface area contributed by atoms with E-state index in [-0.39, 0.29) is 32.2 Å². The summed E-state index contributed by atoms with van der Waals surface area (Å²) < 4.78 is 10.8. The van der Waals surface area contributed by atoms with Crippen LogP contribution in [0.1, 0.15) is 29.9 Å². The van der Waals surface area contributed by atoms with Crippen molar-refractivity contribution in [1.29, 1.82) is 0 Å². The summed E-state index contributed by atoms with van der Waals surface area (Å²) in [5, 5.41) is 14.8. The third-order valence-electron chi connectivity index (χ3n) is 6.36. The number of carbonyl (C=O) groups is 3. The Morgan fingerprint density at radius 2 is 1.79 bits per heavy atom. The molecule has 0 radical (unpaired) electrons. The molecule has 1 fully saturated rings. The molecule has 1 aliphatic heterocycles. The van der Waals surface area contributed by atoms with E-state index < -0.39 is 29.6 Å². The maximum atomic E-state index is 12.9. The first-order valence-corrected chi connectivity index (χ1v) is 12.6. The van der Waals surface area contributed by atoms with Crippen molar-refractivity contribution in [2.24, 2.45) is 0 Å². The number of rotatable bonds is 9. The van der Waals surface area contributed by atoms with Crippen LogP contribution in [0.15, 0.2) is 48.5 Å². The number of fused-ring (bicyclic) bond motifs is 3. The van der Waals surface area contributed by atoms with Crippen molar-refractivity contribution in [3.05, 3.63) is 59.7 Å². The number of carbonyl (C=O) groups excluding carboxylic acids is 2. The molecule has 180 valence electrons. The zero-order valence-electron chi connectivity index (χ0n) is 18.9. The molecular weight excluding hydrogens is 456 g/mol. The number of amides is 2. The second kappa shape index (κ2) is 10.5. The molecule has 4 rings (SSSR count). The normalized spacial score (nSPS) is 19.7. The SMILES string of the molecule is CSCC[C@@H](NC(=O)OCC1c2ccccc2-c2ccccc21)C(=O)NC1(C(=O)O)CCOC1. The Morgan fingerprint density at radius 3 is 2.35 bits per heavy atom. The Kier molecular flexibility index (Phi) is 7.43. The summed E-state index contributed by atoms with van der Waals surface area (Å²) in [4.78, 5) is 37.4. The highest BCUT2D eigenvalue weighted by Gasteiger charge is 2.45. The fraction of sp³-hybridized carbons (Fsp3) is 0.400. The molecule has 8 nitrogen and oxygen atoms in total. The molecule has 9 heteroatoms. The maximum Gasteiger partial charge on any atom is 0.407 e. The van der Waals surface area contributed by atoms with Gasteiger partial charge >= 0.3 is 12.1 Å². The van der Waals surface area contributed by atoms with Gasteiger partial charge in [0.05, 0.1) is 6.61 Å². The number of benzene rings is 2. The van der Waals surface area contributed by atoms with Crippen molar-refractivity contribution in [1.82, 2.24) is 10.6 Å². The molecule has 34 heavy (non-hydrogen) atoms. The van der Waals surface area contributed by atoms with Gasteiger partial charge in [0.25, 0.3) is 0 Å². The highest BCUT2D eigenvalue weighted by Crippen LogP contribution is 2.44. The van der Waals surface area contributed by atoms with Gasteiger partial charge in [-0.1, -0.05) is 48.5 Å². The van der Waals surface area contributed by atoms with Gasteiger partial charge in [0, 0.05) is 18.9 Å². The number of carboxylic acid groups (broad SMARTS) is 1. The summed E-state index contributed by atoms with van der Waals surface area (Å²) in [6.07, 6.45) is 1.70. The van der Waals surface area contributed by atoms with Crippen molar-refractivity contribution in [2.45, 2.75) is 30.3 Å². The van der Waals surface area contributed by atoms with Gasteiger partial charge in [-0.3, -0.25) is 4.79 Å². The number of hydrogen-bond donors (Lipinski definition) is 3. The lowest BCUT2D eigenvalue weighted by Gasteiger charge is -2.27. The monoisotopic (exact) mass is 484 g/mol. The smallest absolute Gasteiger partial charge is 0.407 e. The molecule has 2 aromatic rings. The fourth-order valence-electron chi connectivity index (χ4n) is 4.50. The van der Waals surface area contributed by atoms with Crippen molar-refractivity contribution < 1.29 is 29.0 Å².